The van der Waals surface area contributed by atoms with E-state index in [-0.39, 0.29) is 11.0 Å². The summed E-state index contributed by atoms with van der Waals surface area (Å²) < 4.78 is 0. The Bertz CT molecular complexity index is 329. The first-order valence-corrected chi connectivity index (χ1v) is 5.61. The van der Waals surface area contributed by atoms with E-state index in [1.54, 1.807) is 18.0 Å². The number of amides is 1. The van der Waals surface area contributed by atoms with E-state index in [4.69, 9.17) is 18.0 Å². The minimum Gasteiger partial charge on any atom is -0.375 e. The van der Waals surface area contributed by atoms with Crippen LogP contribution in [0, 0.1) is 0 Å². The summed E-state index contributed by atoms with van der Waals surface area (Å²) >= 11 is 6.12. The molecule has 5 nitrogen and oxygen atoms in total. The molecule has 1 fully saturated rings. The Labute approximate surface area is 98.0 Å². The lowest BCUT2D eigenvalue weighted by atomic mass is 10.5. The third kappa shape index (κ3) is 2.93. The summed E-state index contributed by atoms with van der Waals surface area (Å²) in [5.41, 5.74) is 5.39. The van der Waals surface area contributed by atoms with E-state index < -0.39 is 0 Å². The van der Waals surface area contributed by atoms with Gasteiger partial charge < -0.3 is 5.73 Å². The Morgan fingerprint density at radius 2 is 2.60 bits per heavy atom. The van der Waals surface area contributed by atoms with Crippen molar-refractivity contribution in [2.75, 3.05) is 19.3 Å². The van der Waals surface area contributed by atoms with Crippen LogP contribution in [0.3, 0.4) is 0 Å². The van der Waals surface area contributed by atoms with E-state index >= 15 is 0 Å². The van der Waals surface area contributed by atoms with Crippen LogP contribution in [0.2, 0.25) is 0 Å². The summed E-state index contributed by atoms with van der Waals surface area (Å²) in [5.74, 6) is 0.424. The van der Waals surface area contributed by atoms with Gasteiger partial charge in [-0.3, -0.25) is 9.69 Å². The van der Waals surface area contributed by atoms with Gasteiger partial charge in [0.25, 0.3) is 0 Å². The SMILES string of the molecule is C=CCN1C(=O)CS/C1=N/N(C)C(N)=S. The fourth-order valence-electron chi connectivity index (χ4n) is 0.958. The first-order valence-electron chi connectivity index (χ1n) is 4.22. The van der Waals surface area contributed by atoms with E-state index in [9.17, 15) is 4.79 Å². The molecular weight excluding hydrogens is 232 g/mol. The molecule has 0 aromatic heterocycles. The monoisotopic (exact) mass is 244 g/mol. The fourth-order valence-corrected chi connectivity index (χ4v) is 1.92. The number of rotatable bonds is 3. The van der Waals surface area contributed by atoms with Crippen molar-refractivity contribution in [2.45, 2.75) is 0 Å². The number of hydrogen-bond acceptors (Lipinski definition) is 4. The Morgan fingerprint density at radius 3 is 3.13 bits per heavy atom. The number of amidine groups is 1. The first kappa shape index (κ1) is 12.0. The lowest BCUT2D eigenvalue weighted by Crippen LogP contribution is -2.33. The van der Waals surface area contributed by atoms with E-state index in [0.29, 0.717) is 17.5 Å². The third-order valence-electron chi connectivity index (χ3n) is 1.72. The highest BCUT2D eigenvalue weighted by atomic mass is 32.2. The van der Waals surface area contributed by atoms with Crippen molar-refractivity contribution in [3.05, 3.63) is 12.7 Å². The second kappa shape index (κ2) is 5.13. The van der Waals surface area contributed by atoms with Crippen LogP contribution in [0.4, 0.5) is 0 Å². The van der Waals surface area contributed by atoms with Crippen LogP contribution in [0.25, 0.3) is 0 Å². The van der Waals surface area contributed by atoms with E-state index in [1.165, 1.54) is 16.8 Å². The molecule has 0 aliphatic carbocycles. The predicted molar refractivity (Wildman–Crippen MR) is 66.4 cm³/mol. The van der Waals surface area contributed by atoms with Gasteiger partial charge in [0.2, 0.25) is 5.91 Å². The maximum Gasteiger partial charge on any atom is 0.239 e. The molecule has 82 valence electrons. The molecule has 1 rings (SSSR count). The van der Waals surface area contributed by atoms with E-state index in [1.807, 2.05) is 0 Å². The molecular formula is C8H12N4OS2. The molecule has 7 heteroatoms. The Hall–Kier alpha value is -1.08. The number of carbonyl (C=O) groups excluding carboxylic acids is 1. The fraction of sp³-hybridized carbons (Fsp3) is 0.375. The van der Waals surface area contributed by atoms with Crippen molar-refractivity contribution in [1.82, 2.24) is 9.91 Å². The summed E-state index contributed by atoms with van der Waals surface area (Å²) in [7, 11) is 1.64. The lowest BCUT2D eigenvalue weighted by molar-refractivity contribution is -0.123. The van der Waals surface area contributed by atoms with Crippen molar-refractivity contribution >= 4 is 40.2 Å². The highest BCUT2D eigenvalue weighted by molar-refractivity contribution is 8.15. The summed E-state index contributed by atoms with van der Waals surface area (Å²) in [5, 5.41) is 6.27. The number of nitrogens with zero attached hydrogens (tertiary/aromatic N) is 3. The molecule has 0 spiro atoms. The predicted octanol–water partition coefficient (Wildman–Crippen LogP) is 0.194. The van der Waals surface area contributed by atoms with Crippen LogP contribution < -0.4 is 5.73 Å². The quantitative estimate of drug-likeness (QED) is 0.436. The zero-order valence-electron chi connectivity index (χ0n) is 8.34. The van der Waals surface area contributed by atoms with Gasteiger partial charge in [0.1, 0.15) is 0 Å². The lowest BCUT2D eigenvalue weighted by Gasteiger charge is -2.16. The molecule has 1 saturated heterocycles. The largest absolute Gasteiger partial charge is 0.375 e. The van der Waals surface area contributed by atoms with Gasteiger partial charge in [0, 0.05) is 13.6 Å². The minimum absolute atomic E-state index is 0.0231. The standard InChI is InChI=1S/C8H12N4OS2/c1-3-4-12-6(13)5-15-8(12)10-11(2)7(9)14/h3H,1,4-5H2,2H3,(H2,9,14)/b10-8+. The van der Waals surface area contributed by atoms with Gasteiger partial charge >= 0.3 is 0 Å². The topological polar surface area (TPSA) is 61.9 Å². The van der Waals surface area contributed by atoms with Crippen molar-refractivity contribution < 1.29 is 4.79 Å². The Morgan fingerprint density at radius 1 is 1.93 bits per heavy atom. The van der Waals surface area contributed by atoms with Crippen molar-refractivity contribution in [2.24, 2.45) is 10.8 Å². The first-order chi connectivity index (χ1) is 7.06. The van der Waals surface area contributed by atoms with E-state index in [0.717, 1.165) is 0 Å². The second-order valence-electron chi connectivity index (χ2n) is 2.83. The highest BCUT2D eigenvalue weighted by Crippen LogP contribution is 2.19. The van der Waals surface area contributed by atoms with Crippen molar-refractivity contribution in [3.8, 4) is 0 Å². The molecule has 0 saturated carbocycles. The number of thiocarbonyl (C=S) groups is 1. The van der Waals surface area contributed by atoms with Crippen molar-refractivity contribution in [1.29, 1.82) is 0 Å². The Kier molecular flexibility index (Phi) is 4.10. The zero-order chi connectivity index (χ0) is 11.4. The second-order valence-corrected chi connectivity index (χ2v) is 4.19. The molecule has 1 aliphatic rings. The average Bonchev–Trinajstić information content (AvgIpc) is 2.50. The van der Waals surface area contributed by atoms with Crippen LogP contribution in [0.15, 0.2) is 17.8 Å². The van der Waals surface area contributed by atoms with Crippen molar-refractivity contribution in [3.63, 3.8) is 0 Å². The summed E-state index contributed by atoms with van der Waals surface area (Å²) in [6, 6.07) is 0. The average molecular weight is 244 g/mol. The molecule has 1 heterocycles. The number of hydrogen-bond donors (Lipinski definition) is 1. The van der Waals surface area contributed by atoms with Crippen LogP contribution in [-0.4, -0.2) is 45.4 Å². The van der Waals surface area contributed by atoms with Gasteiger partial charge in [0.05, 0.1) is 5.75 Å². The summed E-state index contributed by atoms with van der Waals surface area (Å²) in [6.07, 6.45) is 1.65. The minimum atomic E-state index is 0.0231. The third-order valence-corrected chi connectivity index (χ3v) is 2.94. The van der Waals surface area contributed by atoms with Gasteiger partial charge in [-0.25, -0.2) is 5.01 Å². The van der Waals surface area contributed by atoms with Crippen LogP contribution in [0.1, 0.15) is 0 Å². The summed E-state index contributed by atoms with van der Waals surface area (Å²) in [6.45, 7) is 4.04. The maximum absolute atomic E-state index is 11.4. The Balaban J connectivity index is 2.80. The number of hydrazone groups is 1. The number of thioether (sulfide) groups is 1. The van der Waals surface area contributed by atoms with Crippen LogP contribution in [0.5, 0.6) is 0 Å². The molecule has 0 aromatic carbocycles. The maximum atomic E-state index is 11.4. The molecule has 0 radical (unpaired) electrons. The van der Waals surface area contributed by atoms with Gasteiger partial charge in [-0.1, -0.05) is 17.8 Å². The molecule has 2 N–H and O–H groups in total. The molecule has 0 aromatic rings. The number of carbonyl (C=O) groups is 1. The van der Waals surface area contributed by atoms with E-state index in [2.05, 4.69) is 11.7 Å². The molecule has 15 heavy (non-hydrogen) atoms. The summed E-state index contributed by atoms with van der Waals surface area (Å²) in [4.78, 5) is 13.0. The highest BCUT2D eigenvalue weighted by Gasteiger charge is 2.27. The molecule has 0 atom stereocenters. The van der Waals surface area contributed by atoms with Crippen LogP contribution in [-0.2, 0) is 4.79 Å². The van der Waals surface area contributed by atoms with Gasteiger partial charge in [0.15, 0.2) is 10.3 Å². The number of nitrogens with two attached hydrogens (primary N) is 1. The normalized spacial score (nSPS) is 18.3. The molecule has 0 unspecified atom stereocenters. The molecule has 1 amide bonds. The molecule has 0 bridgehead atoms. The molecule has 1 aliphatic heterocycles. The van der Waals surface area contributed by atoms with Gasteiger partial charge in [-0.05, 0) is 12.2 Å². The van der Waals surface area contributed by atoms with Gasteiger partial charge in [-0.15, -0.1) is 11.7 Å². The van der Waals surface area contributed by atoms with Gasteiger partial charge in [-0.2, -0.15) is 0 Å². The van der Waals surface area contributed by atoms with Crippen LogP contribution >= 0.6 is 24.0 Å². The smallest absolute Gasteiger partial charge is 0.239 e. The zero-order valence-corrected chi connectivity index (χ0v) is 9.98.